The van der Waals surface area contributed by atoms with E-state index in [9.17, 15) is 4.79 Å². The molecule has 1 saturated carbocycles. The minimum Gasteiger partial charge on any atom is -0.347 e. The number of Topliss-reactive ketones (excluding diaryl/α,β-unsaturated/α-hetero) is 1. The maximum absolute atomic E-state index is 12.0. The molecule has 1 aromatic rings. The number of carbonyl (C=O) groups is 1. The predicted octanol–water partition coefficient (Wildman–Crippen LogP) is 3.01. The number of nitrogens with zero attached hydrogens (tertiary/aromatic N) is 2. The summed E-state index contributed by atoms with van der Waals surface area (Å²) in [5, 5.41) is -0.455. The fraction of sp³-hybridized carbons (Fsp3) is 0.667. The van der Waals surface area contributed by atoms with Crippen LogP contribution in [0.2, 0.25) is 0 Å². The fourth-order valence-corrected chi connectivity index (χ4v) is 2.68. The maximum atomic E-state index is 12.0. The molecule has 4 heteroatoms. The Labute approximate surface area is 120 Å². The lowest BCUT2D eigenvalue weighted by Crippen LogP contribution is -2.26. The Morgan fingerprint density at radius 3 is 2.68 bits per heavy atom. The van der Waals surface area contributed by atoms with Crippen molar-refractivity contribution in [2.24, 2.45) is 0 Å². The van der Waals surface area contributed by atoms with E-state index in [-0.39, 0.29) is 5.78 Å². The van der Waals surface area contributed by atoms with E-state index in [0.29, 0.717) is 0 Å². The quantitative estimate of drug-likeness (QED) is 0.592. The van der Waals surface area contributed by atoms with Crippen LogP contribution < -0.4 is 0 Å². The first-order valence-corrected chi connectivity index (χ1v) is 7.40. The first-order valence-electron chi connectivity index (χ1n) is 6.97. The Balaban J connectivity index is 2.09. The minimum atomic E-state index is -0.455. The summed E-state index contributed by atoms with van der Waals surface area (Å²) in [5.41, 5.74) is 2.95. The van der Waals surface area contributed by atoms with Crippen LogP contribution in [0.25, 0.3) is 0 Å². The van der Waals surface area contributed by atoms with Gasteiger partial charge in [-0.15, -0.1) is 11.6 Å². The van der Waals surface area contributed by atoms with Gasteiger partial charge in [-0.1, -0.05) is 0 Å². The predicted molar refractivity (Wildman–Crippen MR) is 79.2 cm³/mol. The van der Waals surface area contributed by atoms with Gasteiger partial charge in [-0.25, -0.2) is 0 Å². The van der Waals surface area contributed by atoms with Crippen LogP contribution >= 0.6 is 11.6 Å². The smallest absolute Gasteiger partial charge is 0.182 e. The highest BCUT2D eigenvalue weighted by Crippen LogP contribution is 2.25. The molecule has 19 heavy (non-hydrogen) atoms. The Morgan fingerprint density at radius 1 is 1.53 bits per heavy atom. The molecule has 1 atom stereocenters. The van der Waals surface area contributed by atoms with E-state index in [1.165, 1.54) is 12.8 Å². The molecule has 0 aliphatic heterocycles. The lowest BCUT2D eigenvalue weighted by atomic mass is 10.1. The summed E-state index contributed by atoms with van der Waals surface area (Å²) in [7, 11) is 2.18. The highest BCUT2D eigenvalue weighted by molar-refractivity contribution is 6.33. The van der Waals surface area contributed by atoms with Gasteiger partial charge in [-0.3, -0.25) is 4.79 Å². The zero-order valence-electron chi connectivity index (χ0n) is 12.2. The van der Waals surface area contributed by atoms with E-state index in [4.69, 9.17) is 11.6 Å². The van der Waals surface area contributed by atoms with Gasteiger partial charge in [-0.05, 0) is 46.7 Å². The highest BCUT2D eigenvalue weighted by atomic mass is 35.5. The summed E-state index contributed by atoms with van der Waals surface area (Å²) in [5.74, 6) is 0.0246. The number of carbonyl (C=O) groups excluding carboxylic acids is 1. The van der Waals surface area contributed by atoms with E-state index in [0.717, 1.165) is 36.1 Å². The molecule has 1 aromatic heterocycles. The van der Waals surface area contributed by atoms with Crippen LogP contribution in [0.1, 0.15) is 41.5 Å². The summed E-state index contributed by atoms with van der Waals surface area (Å²) in [6.07, 6.45) is 2.65. The molecule has 2 rings (SSSR count). The number of alkyl halides is 1. The van der Waals surface area contributed by atoms with E-state index in [1.807, 2.05) is 13.0 Å². The average molecular weight is 283 g/mol. The molecule has 0 amide bonds. The number of ketones is 1. The largest absolute Gasteiger partial charge is 0.347 e. The number of aromatic nitrogens is 1. The summed E-state index contributed by atoms with van der Waals surface area (Å²) in [6, 6.07) is 2.74. The number of rotatable bonds is 6. The van der Waals surface area contributed by atoms with Gasteiger partial charge in [0, 0.05) is 36.1 Å². The molecule has 106 valence electrons. The van der Waals surface area contributed by atoms with Crippen molar-refractivity contribution >= 4 is 17.4 Å². The van der Waals surface area contributed by atoms with Crippen molar-refractivity contribution in [1.29, 1.82) is 0 Å². The number of hydrogen-bond acceptors (Lipinski definition) is 2. The maximum Gasteiger partial charge on any atom is 0.182 e. The second kappa shape index (κ2) is 5.68. The van der Waals surface area contributed by atoms with Crippen LogP contribution in [-0.2, 0) is 6.54 Å². The van der Waals surface area contributed by atoms with Crippen molar-refractivity contribution in [2.75, 3.05) is 13.6 Å². The second-order valence-corrected chi connectivity index (χ2v) is 6.28. The fourth-order valence-electron chi connectivity index (χ4n) is 2.56. The van der Waals surface area contributed by atoms with Crippen LogP contribution in [-0.4, -0.2) is 40.3 Å². The van der Waals surface area contributed by atoms with Crippen molar-refractivity contribution in [1.82, 2.24) is 9.47 Å². The molecule has 1 heterocycles. The molecule has 1 aliphatic carbocycles. The zero-order chi connectivity index (χ0) is 14.2. The molecule has 1 aliphatic rings. The van der Waals surface area contributed by atoms with Crippen LogP contribution in [0.3, 0.4) is 0 Å². The van der Waals surface area contributed by atoms with Crippen molar-refractivity contribution in [3.05, 3.63) is 23.0 Å². The SMILES string of the molecule is Cc1cc(C(=O)C(C)Cl)c(C)n1CCN(C)C1CC1. The number of hydrogen-bond donors (Lipinski definition) is 0. The zero-order valence-corrected chi connectivity index (χ0v) is 13.0. The van der Waals surface area contributed by atoms with Crippen molar-refractivity contribution < 1.29 is 4.79 Å². The third-order valence-corrected chi connectivity index (χ3v) is 4.25. The standard InChI is InChI=1S/C15H23ClN2O/c1-10-9-14(15(19)11(2)16)12(3)18(10)8-7-17(4)13-5-6-13/h9,11,13H,5-8H2,1-4H3. The second-order valence-electron chi connectivity index (χ2n) is 5.63. The molecule has 0 aromatic carbocycles. The molecule has 1 fully saturated rings. The molecular weight excluding hydrogens is 260 g/mol. The Kier molecular flexibility index (Phi) is 4.36. The third-order valence-electron chi connectivity index (χ3n) is 4.05. The normalized spacial score (nSPS) is 16.9. The van der Waals surface area contributed by atoms with Gasteiger partial charge in [0.05, 0.1) is 5.38 Å². The van der Waals surface area contributed by atoms with Gasteiger partial charge in [-0.2, -0.15) is 0 Å². The van der Waals surface area contributed by atoms with Crippen LogP contribution in [0.4, 0.5) is 0 Å². The van der Waals surface area contributed by atoms with Crippen LogP contribution in [0.15, 0.2) is 6.07 Å². The lowest BCUT2D eigenvalue weighted by molar-refractivity contribution is 0.0991. The van der Waals surface area contributed by atoms with Gasteiger partial charge in [0.15, 0.2) is 5.78 Å². The Hall–Kier alpha value is -0.800. The molecule has 0 bridgehead atoms. The average Bonchev–Trinajstić information content (AvgIpc) is 3.15. The van der Waals surface area contributed by atoms with E-state index in [2.05, 4.69) is 23.4 Å². The van der Waals surface area contributed by atoms with E-state index < -0.39 is 5.38 Å². The Bertz CT molecular complexity index is 475. The third kappa shape index (κ3) is 3.21. The molecular formula is C15H23ClN2O. The molecule has 1 unspecified atom stereocenters. The molecule has 0 saturated heterocycles. The first kappa shape index (κ1) is 14.6. The Morgan fingerprint density at radius 2 is 2.16 bits per heavy atom. The van der Waals surface area contributed by atoms with Gasteiger partial charge in [0.1, 0.15) is 0 Å². The van der Waals surface area contributed by atoms with Crippen LogP contribution in [0.5, 0.6) is 0 Å². The molecule has 3 nitrogen and oxygen atoms in total. The van der Waals surface area contributed by atoms with Crippen LogP contribution in [0, 0.1) is 13.8 Å². The van der Waals surface area contributed by atoms with Gasteiger partial charge in [0.2, 0.25) is 0 Å². The van der Waals surface area contributed by atoms with E-state index in [1.54, 1.807) is 6.92 Å². The molecule has 0 N–H and O–H groups in total. The number of likely N-dealkylation sites (N-methyl/N-ethyl adjacent to an activating group) is 1. The van der Waals surface area contributed by atoms with E-state index >= 15 is 0 Å². The van der Waals surface area contributed by atoms with Crippen molar-refractivity contribution in [3.63, 3.8) is 0 Å². The monoisotopic (exact) mass is 282 g/mol. The minimum absolute atomic E-state index is 0.0246. The summed E-state index contributed by atoms with van der Waals surface area (Å²) in [4.78, 5) is 14.4. The summed E-state index contributed by atoms with van der Waals surface area (Å²) < 4.78 is 2.23. The topological polar surface area (TPSA) is 25.2 Å². The highest BCUT2D eigenvalue weighted by Gasteiger charge is 2.26. The molecule has 0 spiro atoms. The first-order chi connectivity index (χ1) is 8.91. The lowest BCUT2D eigenvalue weighted by Gasteiger charge is -2.18. The molecule has 0 radical (unpaired) electrons. The van der Waals surface area contributed by atoms with Gasteiger partial charge < -0.3 is 9.47 Å². The number of aryl methyl sites for hydroxylation is 1. The summed E-state index contributed by atoms with van der Waals surface area (Å²) >= 11 is 5.91. The van der Waals surface area contributed by atoms with Gasteiger partial charge in [0.25, 0.3) is 0 Å². The number of halogens is 1. The van der Waals surface area contributed by atoms with Gasteiger partial charge >= 0.3 is 0 Å². The van der Waals surface area contributed by atoms with Crippen molar-refractivity contribution in [3.8, 4) is 0 Å². The summed E-state index contributed by atoms with van der Waals surface area (Å²) in [6.45, 7) is 7.77. The van der Waals surface area contributed by atoms with Crippen molar-refractivity contribution in [2.45, 2.75) is 51.6 Å².